The molecule has 0 radical (unpaired) electrons. The van der Waals surface area contributed by atoms with E-state index in [1.54, 1.807) is 0 Å². The normalized spacial score (nSPS) is 15.4. The van der Waals surface area contributed by atoms with Gasteiger partial charge in [0.05, 0.1) is 5.69 Å². The Labute approximate surface area is 125 Å². The summed E-state index contributed by atoms with van der Waals surface area (Å²) in [6, 6.07) is 10.6. The van der Waals surface area contributed by atoms with E-state index in [0.29, 0.717) is 0 Å². The number of benzene rings is 1. The molecule has 1 aromatic heterocycles. The van der Waals surface area contributed by atoms with Crippen LogP contribution in [0.2, 0.25) is 0 Å². The van der Waals surface area contributed by atoms with Crippen molar-refractivity contribution < 1.29 is 0 Å². The number of fused-ring (bicyclic) bond motifs is 1. The summed E-state index contributed by atoms with van der Waals surface area (Å²) < 4.78 is 0. The third-order valence-corrected chi connectivity index (χ3v) is 5.01. The van der Waals surface area contributed by atoms with Crippen molar-refractivity contribution in [2.45, 2.75) is 49.8 Å². The van der Waals surface area contributed by atoms with E-state index in [-0.39, 0.29) is 0 Å². The smallest absolute Gasteiger partial charge is 0.0665 e. The van der Waals surface area contributed by atoms with E-state index in [9.17, 15) is 0 Å². The Morgan fingerprint density at radius 3 is 2.65 bits per heavy atom. The van der Waals surface area contributed by atoms with Crippen LogP contribution in [0, 0.1) is 0 Å². The summed E-state index contributed by atoms with van der Waals surface area (Å²) in [6.45, 7) is 0. The van der Waals surface area contributed by atoms with Gasteiger partial charge in [-0.05, 0) is 43.4 Å². The molecule has 106 valence electrons. The van der Waals surface area contributed by atoms with Crippen LogP contribution in [0.1, 0.15) is 42.6 Å². The Morgan fingerprint density at radius 2 is 1.80 bits per heavy atom. The fourth-order valence-electron chi connectivity index (χ4n) is 2.89. The Bertz CT molecular complexity index is 533. The molecule has 0 spiro atoms. The highest BCUT2D eigenvalue weighted by Gasteiger charge is 2.14. The van der Waals surface area contributed by atoms with Crippen molar-refractivity contribution >= 4 is 11.8 Å². The first kappa shape index (κ1) is 13.7. The van der Waals surface area contributed by atoms with Crippen molar-refractivity contribution in [3.63, 3.8) is 0 Å². The molecule has 2 nitrogen and oxygen atoms in total. The van der Waals surface area contributed by atoms with Crippen LogP contribution in [-0.2, 0) is 19.3 Å². The summed E-state index contributed by atoms with van der Waals surface area (Å²) in [6.07, 6.45) is 8.87. The molecule has 0 aliphatic heterocycles. The zero-order chi connectivity index (χ0) is 13.6. The molecule has 0 fully saturated rings. The quantitative estimate of drug-likeness (QED) is 0.844. The summed E-state index contributed by atoms with van der Waals surface area (Å²) in [4.78, 5) is 1.35. The van der Waals surface area contributed by atoms with Crippen LogP contribution < -0.4 is 0 Å². The van der Waals surface area contributed by atoms with Crippen LogP contribution in [0.4, 0.5) is 0 Å². The van der Waals surface area contributed by atoms with Crippen molar-refractivity contribution in [3.05, 3.63) is 47.3 Å². The third-order valence-electron chi connectivity index (χ3n) is 3.99. The van der Waals surface area contributed by atoms with Crippen LogP contribution >= 0.6 is 11.8 Å². The van der Waals surface area contributed by atoms with E-state index in [1.165, 1.54) is 60.4 Å². The second kappa shape index (κ2) is 6.98. The van der Waals surface area contributed by atoms with Crippen molar-refractivity contribution in [1.29, 1.82) is 0 Å². The van der Waals surface area contributed by atoms with E-state index in [1.807, 2.05) is 11.8 Å². The second-order valence-corrected chi connectivity index (χ2v) is 6.62. The predicted molar refractivity (Wildman–Crippen MR) is 85.3 cm³/mol. The molecular formula is C17H22N2S. The van der Waals surface area contributed by atoms with Crippen LogP contribution in [0.5, 0.6) is 0 Å². The zero-order valence-corrected chi connectivity index (χ0v) is 12.7. The molecule has 0 saturated carbocycles. The SMILES string of the molecule is c1ccc(SCCc2n[nH]c3c2CCCCCC3)cc1. The third kappa shape index (κ3) is 3.45. The number of aromatic nitrogens is 2. The molecule has 3 heteroatoms. The maximum Gasteiger partial charge on any atom is 0.0665 e. The first-order chi connectivity index (χ1) is 9.93. The molecule has 0 bridgehead atoms. The first-order valence-corrected chi connectivity index (χ1v) is 8.65. The van der Waals surface area contributed by atoms with Gasteiger partial charge in [0.15, 0.2) is 0 Å². The molecule has 1 heterocycles. The number of nitrogens with zero attached hydrogens (tertiary/aromatic N) is 1. The lowest BCUT2D eigenvalue weighted by atomic mass is 9.96. The van der Waals surface area contributed by atoms with Gasteiger partial charge in [-0.2, -0.15) is 5.10 Å². The van der Waals surface area contributed by atoms with Gasteiger partial charge in [-0.15, -0.1) is 11.8 Å². The Balaban J connectivity index is 1.60. The number of hydrogen-bond donors (Lipinski definition) is 1. The van der Waals surface area contributed by atoms with Crippen LogP contribution in [0.25, 0.3) is 0 Å². The lowest BCUT2D eigenvalue weighted by Gasteiger charge is -2.10. The van der Waals surface area contributed by atoms with E-state index >= 15 is 0 Å². The van der Waals surface area contributed by atoms with E-state index < -0.39 is 0 Å². The lowest BCUT2D eigenvalue weighted by Crippen LogP contribution is -2.01. The number of nitrogens with one attached hydrogen (secondary N) is 1. The van der Waals surface area contributed by atoms with Gasteiger partial charge in [-0.25, -0.2) is 0 Å². The lowest BCUT2D eigenvalue weighted by molar-refractivity contribution is 0.611. The monoisotopic (exact) mass is 286 g/mol. The number of aryl methyl sites for hydroxylation is 2. The zero-order valence-electron chi connectivity index (χ0n) is 11.9. The van der Waals surface area contributed by atoms with Gasteiger partial charge in [0, 0.05) is 22.8 Å². The summed E-state index contributed by atoms with van der Waals surface area (Å²) in [5.41, 5.74) is 4.24. The molecular weight excluding hydrogens is 264 g/mol. The second-order valence-electron chi connectivity index (χ2n) is 5.45. The highest BCUT2D eigenvalue weighted by Crippen LogP contribution is 2.24. The fraction of sp³-hybridized carbons (Fsp3) is 0.471. The van der Waals surface area contributed by atoms with Gasteiger partial charge in [0.1, 0.15) is 0 Å². The van der Waals surface area contributed by atoms with Gasteiger partial charge in [0.2, 0.25) is 0 Å². The topological polar surface area (TPSA) is 28.7 Å². The Morgan fingerprint density at radius 1 is 1.00 bits per heavy atom. The molecule has 1 aliphatic rings. The predicted octanol–water partition coefficient (Wildman–Crippen LogP) is 4.40. The molecule has 2 aromatic rings. The Kier molecular flexibility index (Phi) is 4.80. The minimum Gasteiger partial charge on any atom is -0.282 e. The standard InChI is InChI=1S/C17H22N2S/c1-2-7-11-16-15(10-6-1)17(19-18-16)12-13-20-14-8-4-3-5-9-14/h3-5,8-9H,1-2,6-7,10-13H2,(H,18,19). The number of hydrogen-bond acceptors (Lipinski definition) is 2. The van der Waals surface area contributed by atoms with Crippen LogP contribution in [0.3, 0.4) is 0 Å². The van der Waals surface area contributed by atoms with Gasteiger partial charge in [-0.1, -0.05) is 31.0 Å². The average molecular weight is 286 g/mol. The first-order valence-electron chi connectivity index (χ1n) is 7.66. The number of H-pyrrole nitrogens is 1. The molecule has 1 N–H and O–H groups in total. The van der Waals surface area contributed by atoms with E-state index in [4.69, 9.17) is 0 Å². The van der Waals surface area contributed by atoms with E-state index in [2.05, 4.69) is 40.5 Å². The number of aromatic amines is 1. The van der Waals surface area contributed by atoms with Crippen molar-refractivity contribution in [2.24, 2.45) is 0 Å². The van der Waals surface area contributed by atoms with Gasteiger partial charge < -0.3 is 0 Å². The molecule has 0 saturated heterocycles. The molecule has 1 aromatic carbocycles. The Hall–Kier alpha value is -1.22. The van der Waals surface area contributed by atoms with Crippen LogP contribution in [-0.4, -0.2) is 16.0 Å². The number of rotatable bonds is 4. The molecule has 3 rings (SSSR count). The molecule has 0 unspecified atom stereocenters. The summed E-state index contributed by atoms with van der Waals surface area (Å²) in [5.74, 6) is 1.11. The van der Waals surface area contributed by atoms with Crippen molar-refractivity contribution in [1.82, 2.24) is 10.2 Å². The molecule has 20 heavy (non-hydrogen) atoms. The molecule has 1 aliphatic carbocycles. The van der Waals surface area contributed by atoms with Crippen LogP contribution in [0.15, 0.2) is 35.2 Å². The number of thioether (sulfide) groups is 1. The van der Waals surface area contributed by atoms with Gasteiger partial charge in [0.25, 0.3) is 0 Å². The fourth-order valence-corrected chi connectivity index (χ4v) is 3.77. The average Bonchev–Trinajstić information content (AvgIpc) is 2.81. The largest absolute Gasteiger partial charge is 0.282 e. The maximum absolute atomic E-state index is 4.57. The van der Waals surface area contributed by atoms with Crippen molar-refractivity contribution in [2.75, 3.05) is 5.75 Å². The molecule has 0 amide bonds. The van der Waals surface area contributed by atoms with Crippen molar-refractivity contribution in [3.8, 4) is 0 Å². The molecule has 0 atom stereocenters. The maximum atomic E-state index is 4.57. The highest BCUT2D eigenvalue weighted by molar-refractivity contribution is 7.99. The summed E-state index contributed by atoms with van der Waals surface area (Å²) in [5, 5.41) is 7.86. The van der Waals surface area contributed by atoms with Gasteiger partial charge >= 0.3 is 0 Å². The summed E-state index contributed by atoms with van der Waals surface area (Å²) in [7, 11) is 0. The highest BCUT2D eigenvalue weighted by atomic mass is 32.2. The minimum absolute atomic E-state index is 1.07. The summed E-state index contributed by atoms with van der Waals surface area (Å²) >= 11 is 1.92. The van der Waals surface area contributed by atoms with E-state index in [0.717, 1.165) is 12.2 Å². The van der Waals surface area contributed by atoms with Gasteiger partial charge in [-0.3, -0.25) is 5.10 Å². The minimum atomic E-state index is 1.07.